The molecule has 0 aromatic heterocycles. The zero-order chi connectivity index (χ0) is 23.3. The van der Waals surface area contributed by atoms with E-state index in [1.807, 2.05) is 25.1 Å². The number of hydrogen-bond donors (Lipinski definition) is 2. The maximum absolute atomic E-state index is 13.2. The molecule has 0 aliphatic carbocycles. The molecule has 1 aliphatic rings. The Balaban J connectivity index is 1.53. The first-order chi connectivity index (χ1) is 15.2. The minimum atomic E-state index is -3.69. The van der Waals surface area contributed by atoms with E-state index in [0.29, 0.717) is 42.9 Å². The molecular weight excluding hydrogens is 450 g/mol. The van der Waals surface area contributed by atoms with Crippen molar-refractivity contribution in [2.75, 3.05) is 19.6 Å². The average molecular weight is 478 g/mol. The van der Waals surface area contributed by atoms with Gasteiger partial charge in [-0.05, 0) is 68.0 Å². The largest absolute Gasteiger partial charge is 0.348 e. The van der Waals surface area contributed by atoms with Crippen LogP contribution in [-0.2, 0) is 26.0 Å². The van der Waals surface area contributed by atoms with Crippen LogP contribution in [0, 0.1) is 13.8 Å². The maximum atomic E-state index is 13.2. The normalized spacial score (nSPS) is 16.7. The Morgan fingerprint density at radius 2 is 1.75 bits per heavy atom. The Morgan fingerprint density at radius 3 is 2.47 bits per heavy atom. The van der Waals surface area contributed by atoms with Gasteiger partial charge in [0.1, 0.15) is 0 Å². The number of hydrogen-bond acceptors (Lipinski definition) is 4. The van der Waals surface area contributed by atoms with Crippen molar-refractivity contribution < 1.29 is 18.0 Å². The van der Waals surface area contributed by atoms with Crippen molar-refractivity contribution in [2.45, 2.75) is 44.0 Å². The molecule has 7 nitrogen and oxygen atoms in total. The molecule has 0 unspecified atom stereocenters. The van der Waals surface area contributed by atoms with Crippen LogP contribution in [0.15, 0.2) is 47.4 Å². The molecule has 1 heterocycles. The third-order valence-electron chi connectivity index (χ3n) is 5.57. The molecule has 3 rings (SSSR count). The highest BCUT2D eigenvalue weighted by Gasteiger charge is 2.36. The lowest BCUT2D eigenvalue weighted by Crippen LogP contribution is -2.47. The van der Waals surface area contributed by atoms with Crippen LogP contribution in [0.5, 0.6) is 0 Å². The third kappa shape index (κ3) is 5.88. The molecule has 1 aliphatic heterocycles. The van der Waals surface area contributed by atoms with Crippen molar-refractivity contribution in [3.05, 3.63) is 64.2 Å². The fraction of sp³-hybridized carbons (Fsp3) is 0.391. The van der Waals surface area contributed by atoms with Crippen LogP contribution in [0.2, 0.25) is 5.02 Å². The van der Waals surface area contributed by atoms with Gasteiger partial charge in [0.05, 0.1) is 4.90 Å². The first kappa shape index (κ1) is 24.2. The van der Waals surface area contributed by atoms with Crippen LogP contribution >= 0.6 is 11.6 Å². The summed E-state index contributed by atoms with van der Waals surface area (Å²) in [6, 6.07) is 12.2. The van der Waals surface area contributed by atoms with Gasteiger partial charge in [-0.1, -0.05) is 35.9 Å². The van der Waals surface area contributed by atoms with Gasteiger partial charge in [-0.3, -0.25) is 9.59 Å². The van der Waals surface area contributed by atoms with E-state index in [9.17, 15) is 18.0 Å². The van der Waals surface area contributed by atoms with E-state index in [1.165, 1.54) is 4.31 Å². The molecule has 2 aromatic rings. The molecule has 1 atom stereocenters. The highest BCUT2D eigenvalue weighted by atomic mass is 35.5. The monoisotopic (exact) mass is 477 g/mol. The van der Waals surface area contributed by atoms with Gasteiger partial charge in [-0.25, -0.2) is 8.42 Å². The number of amides is 2. The summed E-state index contributed by atoms with van der Waals surface area (Å²) in [6.45, 7) is 4.42. The molecule has 2 N–H and O–H groups in total. The van der Waals surface area contributed by atoms with E-state index in [-0.39, 0.29) is 17.5 Å². The Bertz CT molecular complexity index is 1090. The number of benzene rings is 2. The molecular formula is C23H28ClN3O4S. The fourth-order valence-corrected chi connectivity index (χ4v) is 5.91. The molecule has 9 heteroatoms. The molecule has 0 bridgehead atoms. The lowest BCUT2D eigenvalue weighted by Gasteiger charge is -2.25. The van der Waals surface area contributed by atoms with Gasteiger partial charge in [0.15, 0.2) is 0 Å². The molecule has 0 radical (unpaired) electrons. The van der Waals surface area contributed by atoms with E-state index in [0.717, 1.165) is 11.1 Å². The number of rotatable bonds is 7. The summed E-state index contributed by atoms with van der Waals surface area (Å²) in [5.74, 6) is -1.50. The molecule has 1 fully saturated rings. The SMILES string of the molecule is Cc1ccc(C)c(S(=O)(=O)N2CCC[C@H]2CNC(=O)C(=O)NCCc2ccc(Cl)cc2)c1. The lowest BCUT2D eigenvalue weighted by atomic mass is 10.1. The fourth-order valence-electron chi connectivity index (χ4n) is 3.78. The van der Waals surface area contributed by atoms with Gasteiger partial charge in [0, 0.05) is 30.7 Å². The average Bonchev–Trinajstić information content (AvgIpc) is 3.24. The molecule has 0 saturated carbocycles. The minimum absolute atomic E-state index is 0.0908. The lowest BCUT2D eigenvalue weighted by molar-refractivity contribution is -0.139. The number of carbonyl (C=O) groups is 2. The molecule has 0 spiro atoms. The second kappa shape index (κ2) is 10.5. The standard InChI is InChI=1S/C23H28ClN3O4S/c1-16-5-6-17(2)21(14-16)32(30,31)27-13-3-4-20(27)15-26-23(29)22(28)25-12-11-18-7-9-19(24)10-8-18/h5-10,14,20H,3-4,11-13,15H2,1-2H3,(H,25,28)(H,26,29)/t20-/m0/s1. The number of nitrogens with zero attached hydrogens (tertiary/aromatic N) is 1. The first-order valence-electron chi connectivity index (χ1n) is 10.6. The quantitative estimate of drug-likeness (QED) is 0.599. The van der Waals surface area contributed by atoms with Gasteiger partial charge in [-0.15, -0.1) is 0 Å². The third-order valence-corrected chi connectivity index (χ3v) is 7.92. The topological polar surface area (TPSA) is 95.6 Å². The first-order valence-corrected chi connectivity index (χ1v) is 12.4. The summed E-state index contributed by atoms with van der Waals surface area (Å²) in [6.07, 6.45) is 1.90. The Morgan fingerprint density at radius 1 is 1.06 bits per heavy atom. The molecule has 2 aromatic carbocycles. The summed E-state index contributed by atoms with van der Waals surface area (Å²) in [4.78, 5) is 24.6. The van der Waals surface area contributed by atoms with Crippen molar-refractivity contribution in [3.63, 3.8) is 0 Å². The minimum Gasteiger partial charge on any atom is -0.348 e. The van der Waals surface area contributed by atoms with E-state index < -0.39 is 21.8 Å². The van der Waals surface area contributed by atoms with Crippen LogP contribution in [0.3, 0.4) is 0 Å². The summed E-state index contributed by atoms with van der Waals surface area (Å²) >= 11 is 5.85. The predicted octanol–water partition coefficient (Wildman–Crippen LogP) is 2.59. The second-order valence-corrected chi connectivity index (χ2v) is 10.3. The van der Waals surface area contributed by atoms with Crippen molar-refractivity contribution in [1.29, 1.82) is 0 Å². The van der Waals surface area contributed by atoms with E-state index >= 15 is 0 Å². The smallest absolute Gasteiger partial charge is 0.309 e. The van der Waals surface area contributed by atoms with Gasteiger partial charge in [-0.2, -0.15) is 4.31 Å². The van der Waals surface area contributed by atoms with Gasteiger partial charge >= 0.3 is 11.8 Å². The predicted molar refractivity (Wildman–Crippen MR) is 124 cm³/mol. The second-order valence-electron chi connectivity index (χ2n) is 8.02. The Labute approximate surface area is 194 Å². The highest BCUT2D eigenvalue weighted by Crippen LogP contribution is 2.28. The van der Waals surface area contributed by atoms with Crippen molar-refractivity contribution >= 4 is 33.4 Å². The van der Waals surface area contributed by atoms with Gasteiger partial charge < -0.3 is 10.6 Å². The van der Waals surface area contributed by atoms with E-state index in [2.05, 4.69) is 10.6 Å². The molecule has 2 amide bonds. The van der Waals surface area contributed by atoms with Crippen LogP contribution in [0.25, 0.3) is 0 Å². The van der Waals surface area contributed by atoms with Crippen LogP contribution < -0.4 is 10.6 Å². The van der Waals surface area contributed by atoms with Gasteiger partial charge in [0.25, 0.3) is 0 Å². The zero-order valence-electron chi connectivity index (χ0n) is 18.2. The Kier molecular flexibility index (Phi) is 7.92. The molecule has 32 heavy (non-hydrogen) atoms. The van der Waals surface area contributed by atoms with Gasteiger partial charge in [0.2, 0.25) is 10.0 Å². The highest BCUT2D eigenvalue weighted by molar-refractivity contribution is 7.89. The number of sulfonamides is 1. The summed E-state index contributed by atoms with van der Waals surface area (Å²) in [5.41, 5.74) is 2.55. The number of carbonyl (C=O) groups excluding carboxylic acids is 2. The van der Waals surface area contributed by atoms with Crippen molar-refractivity contribution in [1.82, 2.24) is 14.9 Å². The van der Waals surface area contributed by atoms with Crippen LogP contribution in [0.1, 0.15) is 29.5 Å². The van der Waals surface area contributed by atoms with E-state index in [1.54, 1.807) is 31.2 Å². The van der Waals surface area contributed by atoms with Crippen LogP contribution in [-0.4, -0.2) is 50.2 Å². The van der Waals surface area contributed by atoms with Crippen LogP contribution in [0.4, 0.5) is 0 Å². The number of halogens is 1. The van der Waals surface area contributed by atoms with Crippen molar-refractivity contribution in [2.24, 2.45) is 0 Å². The zero-order valence-corrected chi connectivity index (χ0v) is 19.8. The maximum Gasteiger partial charge on any atom is 0.309 e. The summed E-state index contributed by atoms with van der Waals surface area (Å²) < 4.78 is 27.9. The van der Waals surface area contributed by atoms with Crippen molar-refractivity contribution in [3.8, 4) is 0 Å². The number of nitrogens with one attached hydrogen (secondary N) is 2. The molecule has 1 saturated heterocycles. The Hall–Kier alpha value is -2.42. The molecule has 172 valence electrons. The number of aryl methyl sites for hydroxylation is 2. The summed E-state index contributed by atoms with van der Waals surface area (Å²) in [5, 5.41) is 5.81. The summed E-state index contributed by atoms with van der Waals surface area (Å²) in [7, 11) is -3.69. The van der Waals surface area contributed by atoms with E-state index in [4.69, 9.17) is 11.6 Å².